The van der Waals surface area contributed by atoms with Gasteiger partial charge in [-0.15, -0.1) is 0 Å². The lowest BCUT2D eigenvalue weighted by molar-refractivity contribution is -0.142. The second-order valence-corrected chi connectivity index (χ2v) is 8.76. The third kappa shape index (κ3) is 6.14. The van der Waals surface area contributed by atoms with E-state index >= 15 is 0 Å². The molecular weight excluding hydrogens is 435 g/mol. The van der Waals surface area contributed by atoms with Crippen LogP contribution in [0, 0.1) is 6.92 Å². The summed E-state index contributed by atoms with van der Waals surface area (Å²) in [5.74, 6) is 0.141. The molecule has 0 radical (unpaired) electrons. The van der Waals surface area contributed by atoms with Crippen molar-refractivity contribution < 1.29 is 14.3 Å². The molecule has 1 aliphatic carbocycles. The highest BCUT2D eigenvalue weighted by atomic mass is 35.5. The number of carbonyl (C=O) groups excluding carboxylic acids is 2. The van der Waals surface area contributed by atoms with Crippen LogP contribution in [0.25, 0.3) is 0 Å². The van der Waals surface area contributed by atoms with Crippen LogP contribution in [0.1, 0.15) is 43.7 Å². The Morgan fingerprint density at radius 2 is 1.74 bits per heavy atom. The molecule has 0 heterocycles. The molecule has 0 spiro atoms. The molecule has 7 heteroatoms. The third-order valence-corrected chi connectivity index (χ3v) is 6.41. The average molecular weight is 463 g/mol. The summed E-state index contributed by atoms with van der Waals surface area (Å²) < 4.78 is 5.75. The maximum absolute atomic E-state index is 13.2. The Labute approximate surface area is 193 Å². The molecule has 1 N–H and O–H groups in total. The van der Waals surface area contributed by atoms with Crippen molar-refractivity contribution in [3.05, 3.63) is 63.6 Å². The lowest BCUT2D eigenvalue weighted by Gasteiger charge is -2.30. The maximum atomic E-state index is 13.2. The molecule has 1 aliphatic rings. The van der Waals surface area contributed by atoms with Crippen molar-refractivity contribution in [1.82, 2.24) is 10.2 Å². The fourth-order valence-corrected chi connectivity index (χ4v) is 4.29. The Morgan fingerprint density at radius 3 is 2.39 bits per heavy atom. The number of hydrogen-bond acceptors (Lipinski definition) is 3. The fraction of sp³-hybridized carbons (Fsp3) is 0.417. The molecule has 0 aliphatic heterocycles. The second-order valence-electron chi connectivity index (χ2n) is 7.94. The maximum Gasteiger partial charge on any atom is 0.261 e. The highest BCUT2D eigenvalue weighted by Gasteiger charge is 2.29. The van der Waals surface area contributed by atoms with E-state index < -0.39 is 6.04 Å². The molecule has 31 heavy (non-hydrogen) atoms. The van der Waals surface area contributed by atoms with Gasteiger partial charge in [-0.3, -0.25) is 9.59 Å². The summed E-state index contributed by atoms with van der Waals surface area (Å²) >= 11 is 12.7. The van der Waals surface area contributed by atoms with Crippen LogP contribution in [0.15, 0.2) is 42.5 Å². The first-order valence-electron chi connectivity index (χ1n) is 10.6. The molecule has 0 unspecified atom stereocenters. The van der Waals surface area contributed by atoms with Crippen molar-refractivity contribution in [2.45, 2.75) is 58.2 Å². The highest BCUT2D eigenvalue weighted by Crippen LogP contribution is 2.27. The molecule has 2 amide bonds. The number of benzene rings is 2. The molecule has 2 aromatic rings. The summed E-state index contributed by atoms with van der Waals surface area (Å²) in [6.07, 6.45) is 4.17. The number of ether oxygens (including phenoxy) is 1. The lowest BCUT2D eigenvalue weighted by atomic mass is 10.1. The number of nitrogens with zero attached hydrogens (tertiary/aromatic N) is 1. The molecule has 0 saturated heterocycles. The van der Waals surface area contributed by atoms with E-state index in [-0.39, 0.29) is 31.0 Å². The number of aryl methyl sites for hydroxylation is 1. The predicted octanol–water partition coefficient (Wildman–Crippen LogP) is 5.16. The van der Waals surface area contributed by atoms with Crippen molar-refractivity contribution in [3.8, 4) is 5.75 Å². The SMILES string of the molecule is Cc1ccccc1OCC(=O)N(Cc1c(Cl)cccc1Cl)[C@H](C)C(=O)NC1CCCC1. The van der Waals surface area contributed by atoms with Gasteiger partial charge in [-0.05, 0) is 50.5 Å². The molecule has 2 aromatic carbocycles. The van der Waals surface area contributed by atoms with E-state index in [9.17, 15) is 9.59 Å². The number of para-hydroxylation sites is 1. The van der Waals surface area contributed by atoms with E-state index in [2.05, 4.69) is 5.32 Å². The third-order valence-electron chi connectivity index (χ3n) is 5.70. The monoisotopic (exact) mass is 462 g/mol. The molecule has 1 fully saturated rings. The van der Waals surface area contributed by atoms with Crippen molar-refractivity contribution in [2.24, 2.45) is 0 Å². The number of hydrogen-bond donors (Lipinski definition) is 1. The fourth-order valence-electron chi connectivity index (χ4n) is 3.77. The van der Waals surface area contributed by atoms with Crippen molar-refractivity contribution in [2.75, 3.05) is 6.61 Å². The zero-order chi connectivity index (χ0) is 22.4. The summed E-state index contributed by atoms with van der Waals surface area (Å²) in [4.78, 5) is 27.6. The molecule has 3 rings (SSSR count). The molecule has 1 saturated carbocycles. The number of halogens is 2. The van der Waals surface area contributed by atoms with E-state index in [1.807, 2.05) is 31.2 Å². The Morgan fingerprint density at radius 1 is 1.10 bits per heavy atom. The highest BCUT2D eigenvalue weighted by molar-refractivity contribution is 6.36. The van der Waals surface area contributed by atoms with Gasteiger partial charge in [0.15, 0.2) is 6.61 Å². The first-order chi connectivity index (χ1) is 14.9. The van der Waals surface area contributed by atoms with Gasteiger partial charge in [0.1, 0.15) is 11.8 Å². The van der Waals surface area contributed by atoms with Crippen LogP contribution in [-0.4, -0.2) is 35.4 Å². The molecule has 1 atom stereocenters. The normalized spacial score (nSPS) is 14.8. The summed E-state index contributed by atoms with van der Waals surface area (Å²) in [6, 6.07) is 12.2. The number of amides is 2. The Hall–Kier alpha value is -2.24. The Bertz CT molecular complexity index is 909. The average Bonchev–Trinajstić information content (AvgIpc) is 3.25. The minimum absolute atomic E-state index is 0.119. The molecular formula is C24H28Cl2N2O3. The summed E-state index contributed by atoms with van der Waals surface area (Å²) in [5.41, 5.74) is 1.54. The minimum Gasteiger partial charge on any atom is -0.484 e. The van der Waals surface area contributed by atoms with Crippen LogP contribution in [0.4, 0.5) is 0 Å². The Kier molecular flexibility index (Phi) is 8.22. The van der Waals surface area contributed by atoms with Gasteiger partial charge >= 0.3 is 0 Å². The number of carbonyl (C=O) groups is 2. The van der Waals surface area contributed by atoms with Crippen molar-refractivity contribution >= 4 is 35.0 Å². The van der Waals surface area contributed by atoms with Crippen LogP contribution in [-0.2, 0) is 16.1 Å². The standard InChI is InChI=1S/C24H28Cl2N2O3/c1-16-8-3-6-13-22(16)31-15-23(29)28(14-19-20(25)11-7-12-21(19)26)17(2)24(30)27-18-9-4-5-10-18/h3,6-8,11-13,17-18H,4-5,9-10,14-15H2,1-2H3,(H,27,30)/t17-/m1/s1. The summed E-state index contributed by atoms with van der Waals surface area (Å²) in [6.45, 7) is 3.57. The lowest BCUT2D eigenvalue weighted by Crippen LogP contribution is -2.50. The van der Waals surface area contributed by atoms with Gasteiger partial charge in [0, 0.05) is 28.2 Å². The topological polar surface area (TPSA) is 58.6 Å². The Balaban J connectivity index is 1.77. The number of rotatable bonds is 8. The zero-order valence-electron chi connectivity index (χ0n) is 17.9. The zero-order valence-corrected chi connectivity index (χ0v) is 19.4. The smallest absolute Gasteiger partial charge is 0.261 e. The van der Waals surface area contributed by atoms with Gasteiger partial charge in [-0.1, -0.05) is 60.3 Å². The minimum atomic E-state index is -0.694. The largest absolute Gasteiger partial charge is 0.484 e. The van der Waals surface area contributed by atoms with E-state index in [0.717, 1.165) is 31.2 Å². The van der Waals surface area contributed by atoms with Crippen LogP contribution in [0.2, 0.25) is 10.0 Å². The van der Waals surface area contributed by atoms with Crippen LogP contribution in [0.5, 0.6) is 5.75 Å². The first-order valence-corrected chi connectivity index (χ1v) is 11.3. The predicted molar refractivity (Wildman–Crippen MR) is 124 cm³/mol. The van der Waals surface area contributed by atoms with Gasteiger partial charge in [0.2, 0.25) is 5.91 Å². The van der Waals surface area contributed by atoms with Gasteiger partial charge in [-0.2, -0.15) is 0 Å². The van der Waals surface area contributed by atoms with Crippen LogP contribution in [0.3, 0.4) is 0 Å². The molecule has 0 aromatic heterocycles. The first kappa shape index (κ1) is 23.4. The van der Waals surface area contributed by atoms with Crippen LogP contribution >= 0.6 is 23.2 Å². The van der Waals surface area contributed by atoms with Gasteiger partial charge in [0.25, 0.3) is 5.91 Å². The molecule has 0 bridgehead atoms. The van der Waals surface area contributed by atoms with Crippen molar-refractivity contribution in [1.29, 1.82) is 0 Å². The number of nitrogens with one attached hydrogen (secondary N) is 1. The summed E-state index contributed by atoms with van der Waals surface area (Å²) in [7, 11) is 0. The quantitative estimate of drug-likeness (QED) is 0.589. The molecule has 5 nitrogen and oxygen atoms in total. The van der Waals surface area contributed by atoms with Crippen LogP contribution < -0.4 is 10.1 Å². The summed E-state index contributed by atoms with van der Waals surface area (Å²) in [5, 5.41) is 3.98. The second kappa shape index (κ2) is 10.9. The van der Waals surface area contributed by atoms with Gasteiger partial charge < -0.3 is 15.0 Å². The molecule has 166 valence electrons. The van der Waals surface area contributed by atoms with E-state index in [1.54, 1.807) is 25.1 Å². The van der Waals surface area contributed by atoms with E-state index in [4.69, 9.17) is 27.9 Å². The van der Waals surface area contributed by atoms with E-state index in [1.165, 1.54) is 4.90 Å². The van der Waals surface area contributed by atoms with E-state index in [0.29, 0.717) is 21.4 Å². The van der Waals surface area contributed by atoms with Gasteiger partial charge in [0.05, 0.1) is 0 Å². The van der Waals surface area contributed by atoms with Gasteiger partial charge in [-0.25, -0.2) is 0 Å². The van der Waals surface area contributed by atoms with Crippen molar-refractivity contribution in [3.63, 3.8) is 0 Å².